The minimum absolute atomic E-state index is 0.0511. The number of ether oxygens (including phenoxy) is 1. The molecule has 1 N–H and O–H groups in total. The molecule has 1 amide bonds. The molecule has 35 heavy (non-hydrogen) atoms. The number of aromatic amines is 1. The fourth-order valence-electron chi connectivity index (χ4n) is 5.51. The number of hydrogen-bond acceptors (Lipinski definition) is 3. The van der Waals surface area contributed by atoms with Crippen molar-refractivity contribution in [2.45, 2.75) is 31.2 Å². The topological polar surface area (TPSA) is 58.2 Å². The molecule has 0 radical (unpaired) electrons. The third kappa shape index (κ3) is 4.00. The smallest absolute Gasteiger partial charge is 0.254 e. The van der Waals surface area contributed by atoms with Crippen molar-refractivity contribution in [2.24, 2.45) is 0 Å². The van der Waals surface area contributed by atoms with E-state index in [1.54, 1.807) is 0 Å². The van der Waals surface area contributed by atoms with Crippen molar-refractivity contribution < 1.29 is 9.53 Å². The standard InChI is InChI=1S/C30H27N3O2/c34-29(33-18-6-15-30(33)16-19-35-20-17-30)24-12-14-28-26(21-24)27(31-32-28)13-11-23-9-4-5-10-25(23)22-7-2-1-3-8-22/h1-5,7-10,12,14,21H,6,15-20H2,(H,31,32). The minimum Gasteiger partial charge on any atom is -0.381 e. The number of nitrogens with zero attached hydrogens (tertiary/aromatic N) is 2. The number of H-pyrrole nitrogens is 1. The average Bonchev–Trinajstić information content (AvgIpc) is 3.51. The molecule has 0 unspecified atom stereocenters. The van der Waals surface area contributed by atoms with Crippen LogP contribution >= 0.6 is 0 Å². The molecule has 2 saturated heterocycles. The normalized spacial score (nSPS) is 16.9. The molecule has 1 aromatic heterocycles. The summed E-state index contributed by atoms with van der Waals surface area (Å²) in [5, 5.41) is 8.40. The van der Waals surface area contributed by atoms with Crippen LogP contribution in [0.4, 0.5) is 0 Å². The van der Waals surface area contributed by atoms with E-state index in [4.69, 9.17) is 4.74 Å². The molecule has 1 spiro atoms. The summed E-state index contributed by atoms with van der Waals surface area (Å²) in [5.41, 5.74) is 5.34. The van der Waals surface area contributed by atoms with E-state index < -0.39 is 0 Å². The molecule has 2 aliphatic heterocycles. The van der Waals surface area contributed by atoms with Gasteiger partial charge in [0.25, 0.3) is 5.91 Å². The molecular formula is C30H27N3O2. The zero-order valence-electron chi connectivity index (χ0n) is 19.6. The van der Waals surface area contributed by atoms with Gasteiger partial charge in [0, 0.05) is 41.8 Å². The lowest BCUT2D eigenvalue weighted by Gasteiger charge is -2.41. The Labute approximate surface area is 205 Å². The number of aromatic nitrogens is 2. The maximum atomic E-state index is 13.6. The lowest BCUT2D eigenvalue weighted by molar-refractivity contribution is -0.00311. The summed E-state index contributed by atoms with van der Waals surface area (Å²) in [4.78, 5) is 15.7. The van der Waals surface area contributed by atoms with Crippen LogP contribution < -0.4 is 0 Å². The highest BCUT2D eigenvalue weighted by molar-refractivity contribution is 5.99. The Bertz CT molecular complexity index is 1440. The second-order valence-electron chi connectivity index (χ2n) is 9.39. The average molecular weight is 462 g/mol. The van der Waals surface area contributed by atoms with Crippen molar-refractivity contribution in [1.29, 1.82) is 0 Å². The van der Waals surface area contributed by atoms with Gasteiger partial charge in [-0.1, -0.05) is 54.5 Å². The summed E-state index contributed by atoms with van der Waals surface area (Å²) in [6, 6.07) is 24.2. The molecule has 3 aromatic carbocycles. The first-order valence-corrected chi connectivity index (χ1v) is 12.3. The zero-order valence-corrected chi connectivity index (χ0v) is 19.6. The fourth-order valence-corrected chi connectivity index (χ4v) is 5.51. The van der Waals surface area contributed by atoms with E-state index in [0.29, 0.717) is 11.3 Å². The van der Waals surface area contributed by atoms with E-state index in [0.717, 1.165) is 73.0 Å². The number of hydrogen-bond donors (Lipinski definition) is 1. The number of likely N-dealkylation sites (tertiary alicyclic amines) is 1. The van der Waals surface area contributed by atoms with Crippen molar-refractivity contribution in [1.82, 2.24) is 15.1 Å². The molecule has 5 heteroatoms. The van der Waals surface area contributed by atoms with Gasteiger partial charge in [0.05, 0.1) is 5.52 Å². The molecule has 174 valence electrons. The third-order valence-corrected chi connectivity index (χ3v) is 7.40. The Morgan fingerprint density at radius 3 is 2.60 bits per heavy atom. The van der Waals surface area contributed by atoms with E-state index in [9.17, 15) is 4.79 Å². The monoisotopic (exact) mass is 461 g/mol. The number of nitrogens with one attached hydrogen (secondary N) is 1. The largest absolute Gasteiger partial charge is 0.381 e. The molecule has 4 aromatic rings. The SMILES string of the molecule is O=C(c1ccc2[nH]nc(C#Cc3ccccc3-c3ccccc3)c2c1)N1CCCC12CCOCC2. The first kappa shape index (κ1) is 21.6. The Balaban J connectivity index is 1.33. The van der Waals surface area contributed by atoms with Gasteiger partial charge in [-0.05, 0) is 67.0 Å². The van der Waals surface area contributed by atoms with Gasteiger partial charge in [0.15, 0.2) is 0 Å². The highest BCUT2D eigenvalue weighted by Gasteiger charge is 2.44. The van der Waals surface area contributed by atoms with Crippen LogP contribution in [0.1, 0.15) is 47.3 Å². The zero-order chi connectivity index (χ0) is 23.7. The molecule has 2 fully saturated rings. The molecule has 0 aliphatic carbocycles. The minimum atomic E-state index is -0.0511. The molecule has 5 nitrogen and oxygen atoms in total. The maximum Gasteiger partial charge on any atom is 0.254 e. The highest BCUT2D eigenvalue weighted by atomic mass is 16.5. The predicted octanol–water partition coefficient (Wildman–Crippen LogP) is 5.41. The Morgan fingerprint density at radius 1 is 0.943 bits per heavy atom. The summed E-state index contributed by atoms with van der Waals surface area (Å²) in [7, 11) is 0. The molecule has 2 aliphatic rings. The van der Waals surface area contributed by atoms with E-state index in [1.807, 2.05) is 54.6 Å². The van der Waals surface area contributed by atoms with E-state index in [2.05, 4.69) is 45.1 Å². The van der Waals surface area contributed by atoms with Gasteiger partial charge in [-0.2, -0.15) is 5.10 Å². The van der Waals surface area contributed by atoms with Crippen LogP contribution in [-0.4, -0.2) is 46.3 Å². The fraction of sp³-hybridized carbons (Fsp3) is 0.267. The van der Waals surface area contributed by atoms with Gasteiger partial charge >= 0.3 is 0 Å². The van der Waals surface area contributed by atoms with Gasteiger partial charge in [0.2, 0.25) is 0 Å². The van der Waals surface area contributed by atoms with Crippen LogP contribution in [0.15, 0.2) is 72.8 Å². The van der Waals surface area contributed by atoms with Crippen LogP contribution in [0, 0.1) is 11.8 Å². The summed E-state index contributed by atoms with van der Waals surface area (Å²) >= 11 is 0. The van der Waals surface area contributed by atoms with Crippen molar-refractivity contribution in [2.75, 3.05) is 19.8 Å². The lowest BCUT2D eigenvalue weighted by atomic mass is 9.87. The summed E-state index contributed by atoms with van der Waals surface area (Å²) in [6.45, 7) is 2.27. The first-order valence-electron chi connectivity index (χ1n) is 12.3. The molecular weight excluding hydrogens is 434 g/mol. The van der Waals surface area contributed by atoms with Crippen LogP contribution in [0.3, 0.4) is 0 Å². The maximum absolute atomic E-state index is 13.6. The van der Waals surface area contributed by atoms with Crippen LogP contribution in [-0.2, 0) is 4.74 Å². The Kier molecular flexibility index (Phi) is 5.60. The summed E-state index contributed by atoms with van der Waals surface area (Å²) in [5.74, 6) is 6.67. The number of carbonyl (C=O) groups excluding carboxylic acids is 1. The lowest BCUT2D eigenvalue weighted by Crippen LogP contribution is -2.50. The van der Waals surface area contributed by atoms with Gasteiger partial charge in [-0.15, -0.1) is 0 Å². The molecule has 0 atom stereocenters. The van der Waals surface area contributed by atoms with E-state index >= 15 is 0 Å². The number of fused-ring (bicyclic) bond motifs is 1. The van der Waals surface area contributed by atoms with Crippen LogP contribution in [0.5, 0.6) is 0 Å². The van der Waals surface area contributed by atoms with Gasteiger partial charge in [-0.25, -0.2) is 0 Å². The number of amides is 1. The number of rotatable bonds is 2. The van der Waals surface area contributed by atoms with Crippen LogP contribution in [0.25, 0.3) is 22.0 Å². The van der Waals surface area contributed by atoms with E-state index in [-0.39, 0.29) is 11.4 Å². The van der Waals surface area contributed by atoms with Crippen LogP contribution in [0.2, 0.25) is 0 Å². The van der Waals surface area contributed by atoms with E-state index in [1.165, 1.54) is 0 Å². The van der Waals surface area contributed by atoms with Crippen molar-refractivity contribution in [3.63, 3.8) is 0 Å². The summed E-state index contributed by atoms with van der Waals surface area (Å²) < 4.78 is 5.59. The molecule has 6 rings (SSSR count). The quantitative estimate of drug-likeness (QED) is 0.406. The second kappa shape index (κ2) is 9.05. The molecule has 0 bridgehead atoms. The van der Waals surface area contributed by atoms with Crippen molar-refractivity contribution in [3.05, 3.63) is 89.6 Å². The third-order valence-electron chi connectivity index (χ3n) is 7.40. The predicted molar refractivity (Wildman–Crippen MR) is 137 cm³/mol. The first-order chi connectivity index (χ1) is 17.2. The summed E-state index contributed by atoms with van der Waals surface area (Å²) in [6.07, 6.45) is 3.96. The second-order valence-corrected chi connectivity index (χ2v) is 9.39. The highest BCUT2D eigenvalue weighted by Crippen LogP contribution is 2.39. The van der Waals surface area contributed by atoms with Crippen molar-refractivity contribution in [3.8, 4) is 23.0 Å². The molecule has 3 heterocycles. The van der Waals surface area contributed by atoms with Crippen molar-refractivity contribution >= 4 is 16.8 Å². The molecule has 0 saturated carbocycles. The van der Waals surface area contributed by atoms with Gasteiger partial charge in [-0.3, -0.25) is 9.89 Å². The number of benzene rings is 3. The van der Waals surface area contributed by atoms with Gasteiger partial charge < -0.3 is 9.64 Å². The Morgan fingerprint density at radius 2 is 1.74 bits per heavy atom. The number of carbonyl (C=O) groups is 1. The Hall–Kier alpha value is -3.88. The van der Waals surface area contributed by atoms with Gasteiger partial charge in [0.1, 0.15) is 5.69 Å².